The second kappa shape index (κ2) is 7.77. The summed E-state index contributed by atoms with van der Waals surface area (Å²) in [6.07, 6.45) is 1.45. The van der Waals surface area contributed by atoms with Gasteiger partial charge in [-0.15, -0.1) is 23.1 Å². The number of anilines is 1. The molecular weight excluding hydrogens is 408 g/mol. The van der Waals surface area contributed by atoms with E-state index >= 15 is 0 Å². The summed E-state index contributed by atoms with van der Waals surface area (Å²) < 4.78 is 0. The number of carbonyl (C=O) groups excluding carboxylic acids is 2. The minimum Gasteiger partial charge on any atom is -0.477 e. The van der Waals surface area contributed by atoms with Gasteiger partial charge in [-0.1, -0.05) is 5.16 Å². The van der Waals surface area contributed by atoms with Crippen molar-refractivity contribution in [2.75, 3.05) is 24.6 Å². The molecule has 2 aliphatic heterocycles. The highest BCUT2D eigenvalue weighted by molar-refractivity contribution is 8.00. The number of nitrogens with one attached hydrogen (secondary N) is 1. The lowest BCUT2D eigenvalue weighted by Gasteiger charge is -2.56. The highest BCUT2D eigenvalue weighted by Crippen LogP contribution is 2.43. The van der Waals surface area contributed by atoms with Gasteiger partial charge in [0.25, 0.3) is 11.8 Å². The third-order valence-electron chi connectivity index (χ3n) is 4.19. The van der Waals surface area contributed by atoms with Crippen LogP contribution in [-0.2, 0) is 19.2 Å². The van der Waals surface area contributed by atoms with Crippen molar-refractivity contribution in [2.24, 2.45) is 10.9 Å². The molecule has 0 aliphatic carbocycles. The van der Waals surface area contributed by atoms with Gasteiger partial charge in [-0.2, -0.15) is 0 Å². The molecule has 0 radical (unpaired) electrons. The average molecular weight is 426 g/mol. The maximum absolute atomic E-state index is 12.9. The number of carboxylic acid groups (broad SMARTS) is 1. The molecule has 2 amide bonds. The Labute approximate surface area is 167 Å². The van der Waals surface area contributed by atoms with E-state index in [2.05, 4.69) is 15.5 Å². The van der Waals surface area contributed by atoms with Crippen LogP contribution in [0.2, 0.25) is 0 Å². The van der Waals surface area contributed by atoms with Crippen molar-refractivity contribution < 1.29 is 24.3 Å². The Hall–Kier alpha value is -2.64. The number of thiazole rings is 1. The topological polar surface area (TPSA) is 173 Å². The number of rotatable bonds is 7. The number of nitrogens with zero attached hydrogens (tertiary/aromatic N) is 3. The van der Waals surface area contributed by atoms with Gasteiger partial charge in [0.05, 0.1) is 0 Å². The van der Waals surface area contributed by atoms with Crippen LogP contribution in [0.25, 0.3) is 0 Å². The molecule has 1 saturated heterocycles. The molecular formula is C15H18N6O5S2. The molecule has 1 aromatic rings. The summed E-state index contributed by atoms with van der Waals surface area (Å²) in [6.45, 7) is 1.71. The number of nitrogens with two attached hydrogens (primary N) is 2. The second-order valence-corrected chi connectivity index (χ2v) is 7.82. The summed E-state index contributed by atoms with van der Waals surface area (Å²) in [5.41, 5.74) is 9.93. The van der Waals surface area contributed by atoms with Gasteiger partial charge in [0.1, 0.15) is 23.4 Å². The number of thioether (sulfide) groups is 1. The summed E-state index contributed by atoms with van der Waals surface area (Å²) in [6, 6.07) is 0. The van der Waals surface area contributed by atoms with E-state index in [9.17, 15) is 19.5 Å². The number of hydrogen-bond donors (Lipinski definition) is 4. The SMILES string of the molecule is CCO/N=C(\C(=O)NC1(CN)C(=O)N2C(C(=O)O)=CCS[C@H]21)c1csc(N)n1. The van der Waals surface area contributed by atoms with E-state index in [1.807, 2.05) is 0 Å². The van der Waals surface area contributed by atoms with Gasteiger partial charge in [-0.25, -0.2) is 9.78 Å². The van der Waals surface area contributed by atoms with Gasteiger partial charge in [-0.3, -0.25) is 14.5 Å². The highest BCUT2D eigenvalue weighted by Gasteiger charge is 2.64. The summed E-state index contributed by atoms with van der Waals surface area (Å²) >= 11 is 2.43. The molecule has 2 aliphatic rings. The molecule has 28 heavy (non-hydrogen) atoms. The summed E-state index contributed by atoms with van der Waals surface area (Å²) in [7, 11) is 0. The highest BCUT2D eigenvalue weighted by atomic mass is 32.2. The fourth-order valence-corrected chi connectivity index (χ4v) is 4.77. The molecule has 3 heterocycles. The Morgan fingerprint density at radius 3 is 2.89 bits per heavy atom. The molecule has 0 saturated carbocycles. The average Bonchev–Trinajstić information content (AvgIpc) is 3.11. The van der Waals surface area contributed by atoms with Crippen LogP contribution < -0.4 is 16.8 Å². The molecule has 150 valence electrons. The summed E-state index contributed by atoms with van der Waals surface area (Å²) in [5.74, 6) is -2.16. The van der Waals surface area contributed by atoms with Crippen molar-refractivity contribution in [3.63, 3.8) is 0 Å². The van der Waals surface area contributed by atoms with Crippen molar-refractivity contribution in [3.05, 3.63) is 22.8 Å². The lowest BCUT2D eigenvalue weighted by Crippen LogP contribution is -2.82. The first-order chi connectivity index (χ1) is 13.4. The number of nitrogen functional groups attached to an aromatic ring is 1. The fraction of sp³-hybridized carbons (Fsp3) is 0.400. The van der Waals surface area contributed by atoms with E-state index in [1.165, 1.54) is 23.2 Å². The summed E-state index contributed by atoms with van der Waals surface area (Å²) in [5, 5.41) is 16.8. The number of aromatic nitrogens is 1. The number of aliphatic carboxylic acids is 1. The fourth-order valence-electron chi connectivity index (χ4n) is 2.89. The van der Waals surface area contributed by atoms with Crippen molar-refractivity contribution in [2.45, 2.75) is 17.8 Å². The van der Waals surface area contributed by atoms with E-state index in [0.717, 1.165) is 16.2 Å². The van der Waals surface area contributed by atoms with E-state index < -0.39 is 28.7 Å². The first-order valence-electron chi connectivity index (χ1n) is 8.18. The molecule has 1 fully saturated rings. The number of fused-ring (bicyclic) bond motifs is 1. The molecule has 1 unspecified atom stereocenters. The van der Waals surface area contributed by atoms with Gasteiger partial charge >= 0.3 is 5.97 Å². The Balaban J connectivity index is 1.88. The minimum atomic E-state index is -1.45. The zero-order chi connectivity index (χ0) is 20.5. The lowest BCUT2D eigenvalue weighted by molar-refractivity contribution is -0.157. The number of β-lactam (4-membered cyclic amide) rings is 1. The van der Waals surface area contributed by atoms with Crippen molar-refractivity contribution in [3.8, 4) is 0 Å². The predicted octanol–water partition coefficient (Wildman–Crippen LogP) is -0.837. The van der Waals surface area contributed by atoms with Gasteiger partial charge in [0, 0.05) is 17.7 Å². The molecule has 0 aromatic carbocycles. The number of hydrogen-bond acceptors (Lipinski definition) is 10. The van der Waals surface area contributed by atoms with Crippen LogP contribution in [0.1, 0.15) is 12.6 Å². The number of oxime groups is 1. The first kappa shape index (κ1) is 20.1. The Morgan fingerprint density at radius 1 is 1.57 bits per heavy atom. The molecule has 0 spiro atoms. The van der Waals surface area contributed by atoms with Crippen LogP contribution >= 0.6 is 23.1 Å². The maximum atomic E-state index is 12.9. The zero-order valence-corrected chi connectivity index (χ0v) is 16.4. The first-order valence-corrected chi connectivity index (χ1v) is 10.1. The number of carboxylic acids is 1. The third-order valence-corrected chi connectivity index (χ3v) is 6.15. The van der Waals surface area contributed by atoms with Gasteiger partial charge in [-0.05, 0) is 13.0 Å². The van der Waals surface area contributed by atoms with Gasteiger partial charge < -0.3 is 26.7 Å². The van der Waals surface area contributed by atoms with Crippen molar-refractivity contribution >= 4 is 51.7 Å². The largest absolute Gasteiger partial charge is 0.477 e. The lowest BCUT2D eigenvalue weighted by atomic mass is 9.86. The van der Waals surface area contributed by atoms with Crippen LogP contribution in [0, 0.1) is 0 Å². The standard InChI is InChI=1S/C15H18N6O5S2/c1-2-26-20-9(7-5-28-14(17)18-7)10(22)19-15(6-16)12(25)21-8(11(23)24)3-4-27-13(15)21/h3,5,13H,2,4,6,16H2,1H3,(H2,17,18)(H,19,22)(H,23,24)/b20-9-/t13-,15?/m0/s1. The van der Waals surface area contributed by atoms with E-state index in [1.54, 1.807) is 6.92 Å². The molecule has 3 rings (SSSR count). The Morgan fingerprint density at radius 2 is 2.32 bits per heavy atom. The minimum absolute atomic E-state index is 0.123. The van der Waals surface area contributed by atoms with E-state index in [0.29, 0.717) is 5.75 Å². The normalized spacial score (nSPS) is 24.1. The third kappa shape index (κ3) is 3.21. The molecule has 6 N–H and O–H groups in total. The van der Waals surface area contributed by atoms with E-state index in [4.69, 9.17) is 16.3 Å². The Kier molecular flexibility index (Phi) is 5.58. The van der Waals surface area contributed by atoms with Crippen molar-refractivity contribution in [1.82, 2.24) is 15.2 Å². The van der Waals surface area contributed by atoms with Crippen LogP contribution in [0.3, 0.4) is 0 Å². The van der Waals surface area contributed by atoms with Crippen LogP contribution in [0.15, 0.2) is 22.3 Å². The van der Waals surface area contributed by atoms with Gasteiger partial charge in [0.2, 0.25) is 0 Å². The summed E-state index contributed by atoms with van der Waals surface area (Å²) in [4.78, 5) is 47.2. The number of carbonyl (C=O) groups is 3. The molecule has 0 bridgehead atoms. The van der Waals surface area contributed by atoms with Crippen LogP contribution in [0.4, 0.5) is 5.13 Å². The van der Waals surface area contributed by atoms with Gasteiger partial charge in [0.15, 0.2) is 16.4 Å². The molecule has 11 nitrogen and oxygen atoms in total. The zero-order valence-electron chi connectivity index (χ0n) is 14.7. The monoisotopic (exact) mass is 426 g/mol. The van der Waals surface area contributed by atoms with E-state index in [-0.39, 0.29) is 35.4 Å². The van der Waals surface area contributed by atoms with Crippen LogP contribution in [-0.4, -0.2) is 68.3 Å². The molecule has 13 heteroatoms. The second-order valence-electron chi connectivity index (χ2n) is 5.81. The molecule has 1 aromatic heterocycles. The quantitative estimate of drug-likeness (QED) is 0.246. The van der Waals surface area contributed by atoms with Crippen LogP contribution in [0.5, 0.6) is 0 Å². The smallest absolute Gasteiger partial charge is 0.352 e. The maximum Gasteiger partial charge on any atom is 0.352 e. The number of amides is 2. The Bertz CT molecular complexity index is 884. The predicted molar refractivity (Wildman–Crippen MR) is 103 cm³/mol. The molecule has 2 atom stereocenters. The van der Waals surface area contributed by atoms with Crippen molar-refractivity contribution in [1.29, 1.82) is 0 Å².